The van der Waals surface area contributed by atoms with Crippen molar-refractivity contribution in [3.05, 3.63) is 21.0 Å². The summed E-state index contributed by atoms with van der Waals surface area (Å²) in [6.45, 7) is 2.47. The standard InChI is InChI=1S/C10H14BrN3O2/c11-9-8(5-13-14-10(9)15)12-4-7-2-1-3-16-6-7/h5,7H,1-4,6H2,(H2,12,14,15). The molecule has 1 aromatic rings. The Kier molecular flexibility index (Phi) is 3.95. The van der Waals surface area contributed by atoms with E-state index in [0.717, 1.165) is 31.9 Å². The molecular formula is C10H14BrN3O2. The van der Waals surface area contributed by atoms with Crippen LogP contribution >= 0.6 is 15.9 Å². The first-order valence-electron chi connectivity index (χ1n) is 5.32. The van der Waals surface area contributed by atoms with Gasteiger partial charge in [-0.1, -0.05) is 0 Å². The first-order chi connectivity index (χ1) is 7.77. The minimum atomic E-state index is -0.218. The summed E-state index contributed by atoms with van der Waals surface area (Å²) in [5, 5.41) is 9.32. The zero-order valence-corrected chi connectivity index (χ0v) is 10.4. The Morgan fingerprint density at radius 2 is 2.56 bits per heavy atom. The van der Waals surface area contributed by atoms with E-state index in [1.165, 1.54) is 6.42 Å². The summed E-state index contributed by atoms with van der Waals surface area (Å²) >= 11 is 3.23. The van der Waals surface area contributed by atoms with E-state index >= 15 is 0 Å². The van der Waals surface area contributed by atoms with E-state index in [-0.39, 0.29) is 5.56 Å². The maximum absolute atomic E-state index is 11.3. The molecule has 2 N–H and O–H groups in total. The van der Waals surface area contributed by atoms with E-state index in [1.54, 1.807) is 6.20 Å². The Labute approximate surface area is 102 Å². The minimum Gasteiger partial charge on any atom is -0.382 e. The van der Waals surface area contributed by atoms with Gasteiger partial charge in [-0.05, 0) is 34.7 Å². The molecule has 0 aliphatic carbocycles. The van der Waals surface area contributed by atoms with Crippen LogP contribution in [0.1, 0.15) is 12.8 Å². The Morgan fingerprint density at radius 3 is 3.31 bits per heavy atom. The highest BCUT2D eigenvalue weighted by atomic mass is 79.9. The molecule has 0 bridgehead atoms. The van der Waals surface area contributed by atoms with Gasteiger partial charge in [0, 0.05) is 13.2 Å². The van der Waals surface area contributed by atoms with Crippen LogP contribution in [-0.4, -0.2) is 30.0 Å². The highest BCUT2D eigenvalue weighted by molar-refractivity contribution is 9.10. The van der Waals surface area contributed by atoms with E-state index in [2.05, 4.69) is 31.4 Å². The fraction of sp³-hybridized carbons (Fsp3) is 0.600. The molecule has 0 spiro atoms. The van der Waals surface area contributed by atoms with Crippen molar-refractivity contribution >= 4 is 21.6 Å². The Bertz CT molecular complexity index is 401. The van der Waals surface area contributed by atoms with E-state index < -0.39 is 0 Å². The summed E-state index contributed by atoms with van der Waals surface area (Å²) in [4.78, 5) is 11.3. The molecule has 1 aliphatic rings. The number of hydrogen-bond acceptors (Lipinski definition) is 4. The summed E-state index contributed by atoms with van der Waals surface area (Å²) in [6, 6.07) is 0. The van der Waals surface area contributed by atoms with E-state index in [0.29, 0.717) is 10.4 Å². The highest BCUT2D eigenvalue weighted by Gasteiger charge is 2.14. The maximum atomic E-state index is 11.3. The Hall–Kier alpha value is -0.880. The molecule has 2 heterocycles. The van der Waals surface area contributed by atoms with Gasteiger partial charge < -0.3 is 10.1 Å². The number of rotatable bonds is 3. The van der Waals surface area contributed by atoms with Gasteiger partial charge in [0.1, 0.15) is 4.47 Å². The molecule has 6 heteroatoms. The molecule has 1 unspecified atom stereocenters. The van der Waals surface area contributed by atoms with Crippen molar-refractivity contribution in [3.63, 3.8) is 0 Å². The van der Waals surface area contributed by atoms with E-state index in [9.17, 15) is 4.79 Å². The summed E-state index contributed by atoms with van der Waals surface area (Å²) in [7, 11) is 0. The number of nitrogens with one attached hydrogen (secondary N) is 2. The van der Waals surface area contributed by atoms with Crippen molar-refractivity contribution in [1.82, 2.24) is 10.2 Å². The molecule has 1 atom stereocenters. The molecule has 0 radical (unpaired) electrons. The van der Waals surface area contributed by atoms with Gasteiger partial charge in [0.25, 0.3) is 5.56 Å². The number of hydrogen-bond donors (Lipinski definition) is 2. The number of halogens is 1. The third-order valence-corrected chi connectivity index (χ3v) is 3.42. The highest BCUT2D eigenvalue weighted by Crippen LogP contribution is 2.18. The monoisotopic (exact) mass is 287 g/mol. The molecule has 88 valence electrons. The second-order valence-corrected chi connectivity index (χ2v) is 4.68. The van der Waals surface area contributed by atoms with Crippen LogP contribution in [0, 0.1) is 5.92 Å². The second-order valence-electron chi connectivity index (χ2n) is 3.89. The van der Waals surface area contributed by atoms with Crippen LogP contribution in [0.5, 0.6) is 0 Å². The summed E-state index contributed by atoms with van der Waals surface area (Å²) in [6.07, 6.45) is 3.89. The van der Waals surface area contributed by atoms with Crippen molar-refractivity contribution in [1.29, 1.82) is 0 Å². The van der Waals surface area contributed by atoms with Crippen LogP contribution < -0.4 is 10.9 Å². The minimum absolute atomic E-state index is 0.218. The molecule has 1 saturated heterocycles. The van der Waals surface area contributed by atoms with Gasteiger partial charge >= 0.3 is 0 Å². The summed E-state index contributed by atoms with van der Waals surface area (Å²) < 4.78 is 5.89. The van der Waals surface area contributed by atoms with Gasteiger partial charge in [0.05, 0.1) is 18.5 Å². The fourth-order valence-electron chi connectivity index (χ4n) is 1.73. The van der Waals surface area contributed by atoms with Gasteiger partial charge in [-0.15, -0.1) is 0 Å². The van der Waals surface area contributed by atoms with Gasteiger partial charge in [-0.3, -0.25) is 4.79 Å². The van der Waals surface area contributed by atoms with Gasteiger partial charge in [0.2, 0.25) is 0 Å². The normalized spacial score (nSPS) is 20.7. The van der Waals surface area contributed by atoms with Crippen molar-refractivity contribution in [3.8, 4) is 0 Å². The number of aromatic amines is 1. The average Bonchev–Trinajstić information content (AvgIpc) is 2.32. The molecule has 0 aromatic carbocycles. The largest absolute Gasteiger partial charge is 0.382 e. The number of H-pyrrole nitrogens is 1. The van der Waals surface area contributed by atoms with Gasteiger partial charge in [0.15, 0.2) is 0 Å². The number of ether oxygens (including phenoxy) is 1. The van der Waals surface area contributed by atoms with Crippen LogP contribution in [0.15, 0.2) is 15.5 Å². The molecule has 5 nitrogen and oxygen atoms in total. The van der Waals surface area contributed by atoms with Crippen molar-refractivity contribution < 1.29 is 4.74 Å². The predicted octanol–water partition coefficient (Wildman–Crippen LogP) is 1.37. The van der Waals surface area contributed by atoms with E-state index in [4.69, 9.17) is 4.74 Å². The van der Waals surface area contributed by atoms with Gasteiger partial charge in [-0.25, -0.2) is 5.10 Å². The predicted molar refractivity (Wildman–Crippen MR) is 64.6 cm³/mol. The molecule has 1 fully saturated rings. The van der Waals surface area contributed by atoms with Crippen LogP contribution in [0.4, 0.5) is 5.69 Å². The first-order valence-corrected chi connectivity index (χ1v) is 6.11. The molecule has 0 saturated carbocycles. The number of aromatic nitrogens is 2. The van der Waals surface area contributed by atoms with Crippen molar-refractivity contribution in [2.75, 3.05) is 25.1 Å². The lowest BCUT2D eigenvalue weighted by molar-refractivity contribution is 0.0595. The Morgan fingerprint density at radius 1 is 1.69 bits per heavy atom. The molecule has 16 heavy (non-hydrogen) atoms. The van der Waals surface area contributed by atoms with Crippen molar-refractivity contribution in [2.24, 2.45) is 5.92 Å². The number of nitrogens with zero attached hydrogens (tertiary/aromatic N) is 1. The van der Waals surface area contributed by atoms with Crippen LogP contribution in [0.2, 0.25) is 0 Å². The Balaban J connectivity index is 1.93. The molecule has 1 aromatic heterocycles. The smallest absolute Gasteiger partial charge is 0.280 e. The summed E-state index contributed by atoms with van der Waals surface area (Å²) in [5.41, 5.74) is 0.513. The zero-order chi connectivity index (χ0) is 11.4. The third-order valence-electron chi connectivity index (χ3n) is 2.63. The fourth-order valence-corrected chi connectivity index (χ4v) is 2.06. The lowest BCUT2D eigenvalue weighted by Crippen LogP contribution is -2.25. The zero-order valence-electron chi connectivity index (χ0n) is 8.83. The maximum Gasteiger partial charge on any atom is 0.280 e. The lowest BCUT2D eigenvalue weighted by atomic mass is 10.0. The van der Waals surface area contributed by atoms with Crippen LogP contribution in [-0.2, 0) is 4.74 Å². The van der Waals surface area contributed by atoms with E-state index in [1.807, 2.05) is 0 Å². The molecule has 1 aliphatic heterocycles. The molecule has 0 amide bonds. The van der Waals surface area contributed by atoms with Crippen molar-refractivity contribution in [2.45, 2.75) is 12.8 Å². The SMILES string of the molecule is O=c1[nH]ncc(NCC2CCCOC2)c1Br. The molecular weight excluding hydrogens is 274 g/mol. The average molecular weight is 288 g/mol. The van der Waals surface area contributed by atoms with Crippen LogP contribution in [0.3, 0.4) is 0 Å². The molecule has 2 rings (SSSR count). The van der Waals surface area contributed by atoms with Crippen LogP contribution in [0.25, 0.3) is 0 Å². The topological polar surface area (TPSA) is 67.0 Å². The quantitative estimate of drug-likeness (QED) is 0.881. The second kappa shape index (κ2) is 5.45. The third kappa shape index (κ3) is 2.82. The first kappa shape index (κ1) is 11.6. The summed E-state index contributed by atoms with van der Waals surface area (Å²) in [5.74, 6) is 0.514. The van der Waals surface area contributed by atoms with Gasteiger partial charge in [-0.2, -0.15) is 5.10 Å². The lowest BCUT2D eigenvalue weighted by Gasteiger charge is -2.22. The number of anilines is 1.